The number of hydrogen-bond acceptors (Lipinski definition) is 6. The number of nitrogens with one attached hydrogen (secondary N) is 1. The van der Waals surface area contributed by atoms with E-state index < -0.39 is 28.5 Å². The highest BCUT2D eigenvalue weighted by molar-refractivity contribution is 7.92. The lowest BCUT2D eigenvalue weighted by Gasteiger charge is -2.32. The number of benzene rings is 2. The predicted molar refractivity (Wildman–Crippen MR) is 136 cm³/mol. The zero-order valence-electron chi connectivity index (χ0n) is 20.7. The normalized spacial score (nSPS) is 12.1. The van der Waals surface area contributed by atoms with E-state index in [9.17, 15) is 18.0 Å². The lowest BCUT2D eigenvalue weighted by atomic mass is 10.1. The summed E-state index contributed by atoms with van der Waals surface area (Å²) < 4.78 is 36.9. The third-order valence-electron chi connectivity index (χ3n) is 5.17. The van der Waals surface area contributed by atoms with Crippen molar-refractivity contribution in [2.75, 3.05) is 31.3 Å². The van der Waals surface area contributed by atoms with Crippen molar-refractivity contribution in [1.29, 1.82) is 0 Å². The zero-order chi connectivity index (χ0) is 26.3. The minimum Gasteiger partial charge on any atom is -0.497 e. The highest BCUT2D eigenvalue weighted by Crippen LogP contribution is 2.33. The zero-order valence-corrected chi connectivity index (χ0v) is 22.3. The number of rotatable bonds is 11. The minimum atomic E-state index is -3.92. The van der Waals surface area contributed by atoms with Crippen LogP contribution in [-0.4, -0.2) is 64.2 Å². The summed E-state index contributed by atoms with van der Waals surface area (Å²) in [6, 6.07) is 10.6. The van der Waals surface area contributed by atoms with Crippen LogP contribution < -0.4 is 19.1 Å². The van der Waals surface area contributed by atoms with Crippen molar-refractivity contribution in [3.8, 4) is 11.5 Å². The van der Waals surface area contributed by atoms with Crippen LogP contribution >= 0.6 is 11.6 Å². The molecule has 1 N–H and O–H groups in total. The predicted octanol–water partition coefficient (Wildman–Crippen LogP) is 3.07. The maximum absolute atomic E-state index is 13.6. The Kier molecular flexibility index (Phi) is 9.79. The lowest BCUT2D eigenvalue weighted by molar-refractivity contribution is -0.139. The molecule has 0 aliphatic rings. The number of carbonyl (C=O) groups is 2. The molecule has 35 heavy (non-hydrogen) atoms. The van der Waals surface area contributed by atoms with Crippen molar-refractivity contribution in [2.24, 2.45) is 0 Å². The smallest absolute Gasteiger partial charge is 0.244 e. The number of carbonyl (C=O) groups excluding carboxylic acids is 2. The molecule has 0 fully saturated rings. The Morgan fingerprint density at radius 1 is 1.06 bits per heavy atom. The van der Waals surface area contributed by atoms with Crippen molar-refractivity contribution in [1.82, 2.24) is 10.2 Å². The van der Waals surface area contributed by atoms with Crippen molar-refractivity contribution < 1.29 is 27.5 Å². The molecule has 0 aliphatic heterocycles. The molecule has 0 radical (unpaired) electrons. The van der Waals surface area contributed by atoms with Crippen LogP contribution in [0.2, 0.25) is 5.02 Å². The van der Waals surface area contributed by atoms with Crippen LogP contribution in [0, 0.1) is 0 Å². The van der Waals surface area contributed by atoms with Crippen LogP contribution in [0.15, 0.2) is 42.5 Å². The van der Waals surface area contributed by atoms with E-state index in [0.29, 0.717) is 11.3 Å². The summed E-state index contributed by atoms with van der Waals surface area (Å²) in [5, 5.41) is 3.08. The molecule has 0 saturated heterocycles. The molecular weight excluding hydrogens is 494 g/mol. The van der Waals surface area contributed by atoms with Crippen molar-refractivity contribution in [3.63, 3.8) is 0 Å². The maximum atomic E-state index is 13.6. The molecule has 0 aliphatic carbocycles. The second-order valence-electron chi connectivity index (χ2n) is 8.30. The molecule has 1 atom stereocenters. The maximum Gasteiger partial charge on any atom is 0.244 e. The van der Waals surface area contributed by atoms with E-state index >= 15 is 0 Å². The van der Waals surface area contributed by atoms with Crippen LogP contribution in [0.25, 0.3) is 0 Å². The Morgan fingerprint density at radius 3 is 2.31 bits per heavy atom. The number of hydrogen-bond donors (Lipinski definition) is 1. The topological polar surface area (TPSA) is 105 Å². The van der Waals surface area contributed by atoms with Gasteiger partial charge in [-0.25, -0.2) is 8.42 Å². The summed E-state index contributed by atoms with van der Waals surface area (Å²) in [6.07, 6.45) is 0.988. The van der Waals surface area contributed by atoms with E-state index in [0.717, 1.165) is 10.6 Å². The van der Waals surface area contributed by atoms with Gasteiger partial charge in [0.1, 0.15) is 24.1 Å². The fraction of sp³-hybridized carbons (Fsp3) is 0.417. The van der Waals surface area contributed by atoms with Gasteiger partial charge in [-0.15, -0.1) is 0 Å². The van der Waals surface area contributed by atoms with Crippen molar-refractivity contribution in [2.45, 2.75) is 39.4 Å². The number of methoxy groups -OCH3 is 2. The van der Waals surface area contributed by atoms with E-state index in [4.69, 9.17) is 21.1 Å². The molecule has 2 aromatic rings. The second-order valence-corrected chi connectivity index (χ2v) is 10.6. The first-order valence-corrected chi connectivity index (χ1v) is 13.1. The minimum absolute atomic E-state index is 0.0625. The van der Waals surface area contributed by atoms with Crippen molar-refractivity contribution in [3.05, 3.63) is 53.1 Å². The number of anilines is 1. The third-order valence-corrected chi connectivity index (χ3v) is 6.54. The molecule has 2 aromatic carbocycles. The molecular formula is C24H32ClN3O6S. The van der Waals surface area contributed by atoms with Gasteiger partial charge in [0.05, 0.1) is 26.2 Å². The largest absolute Gasteiger partial charge is 0.497 e. The van der Waals surface area contributed by atoms with Crippen LogP contribution in [0.4, 0.5) is 5.69 Å². The third kappa shape index (κ3) is 7.76. The van der Waals surface area contributed by atoms with E-state index in [1.807, 2.05) is 13.8 Å². The lowest BCUT2D eigenvalue weighted by Crippen LogP contribution is -2.52. The first-order valence-electron chi connectivity index (χ1n) is 10.9. The fourth-order valence-electron chi connectivity index (χ4n) is 3.41. The van der Waals surface area contributed by atoms with E-state index in [1.54, 1.807) is 37.3 Å². The summed E-state index contributed by atoms with van der Waals surface area (Å²) in [4.78, 5) is 27.7. The van der Waals surface area contributed by atoms with E-state index in [1.165, 1.54) is 31.3 Å². The monoisotopic (exact) mass is 525 g/mol. The number of amides is 2. The summed E-state index contributed by atoms with van der Waals surface area (Å²) in [6.45, 7) is 4.73. The van der Waals surface area contributed by atoms with Crippen LogP contribution in [-0.2, 0) is 26.2 Å². The van der Waals surface area contributed by atoms with Crippen LogP contribution in [0.3, 0.4) is 0 Å². The van der Waals surface area contributed by atoms with Gasteiger partial charge >= 0.3 is 0 Å². The Hall–Kier alpha value is -2.98. The van der Waals surface area contributed by atoms with E-state index in [-0.39, 0.29) is 35.0 Å². The molecule has 2 amide bonds. The Balaban J connectivity index is 2.48. The summed E-state index contributed by atoms with van der Waals surface area (Å²) in [5.41, 5.74) is 0.838. The Morgan fingerprint density at radius 2 is 1.74 bits per heavy atom. The molecule has 0 aromatic heterocycles. The van der Waals surface area contributed by atoms with Gasteiger partial charge in [0.15, 0.2) is 0 Å². The summed E-state index contributed by atoms with van der Waals surface area (Å²) in [7, 11) is -0.996. The van der Waals surface area contributed by atoms with Gasteiger partial charge < -0.3 is 19.7 Å². The molecule has 11 heteroatoms. The number of halogens is 1. The molecule has 2 rings (SSSR count). The number of sulfonamides is 1. The average Bonchev–Trinajstić information content (AvgIpc) is 2.79. The van der Waals surface area contributed by atoms with Gasteiger partial charge in [-0.05, 0) is 56.7 Å². The van der Waals surface area contributed by atoms with Gasteiger partial charge in [0, 0.05) is 17.6 Å². The molecule has 0 unspecified atom stereocenters. The van der Waals surface area contributed by atoms with Crippen LogP contribution in [0.1, 0.15) is 26.3 Å². The van der Waals surface area contributed by atoms with Gasteiger partial charge in [0.2, 0.25) is 21.8 Å². The number of ether oxygens (including phenoxy) is 2. The second kappa shape index (κ2) is 12.1. The Labute approximate surface area is 212 Å². The fourth-order valence-corrected chi connectivity index (χ4v) is 4.42. The van der Waals surface area contributed by atoms with Gasteiger partial charge in [-0.3, -0.25) is 13.9 Å². The highest BCUT2D eigenvalue weighted by atomic mass is 35.5. The summed E-state index contributed by atoms with van der Waals surface area (Å²) in [5.74, 6) is -0.109. The molecule has 192 valence electrons. The molecule has 9 nitrogen and oxygen atoms in total. The molecule has 0 saturated carbocycles. The first-order chi connectivity index (χ1) is 16.4. The highest BCUT2D eigenvalue weighted by Gasteiger charge is 2.31. The van der Waals surface area contributed by atoms with Gasteiger partial charge in [-0.2, -0.15) is 0 Å². The molecule has 0 bridgehead atoms. The molecule has 0 spiro atoms. The Bertz CT molecular complexity index is 1160. The van der Waals surface area contributed by atoms with Crippen LogP contribution in [0.5, 0.6) is 11.5 Å². The van der Waals surface area contributed by atoms with E-state index in [2.05, 4.69) is 5.32 Å². The SMILES string of the molecule is COc1cccc(CN(C(=O)CN(c2cc(Cl)ccc2OC)S(C)(=O)=O)[C@@H](C)C(=O)NC(C)C)c1. The summed E-state index contributed by atoms with van der Waals surface area (Å²) >= 11 is 6.11. The quantitative estimate of drug-likeness (QED) is 0.483. The molecule has 0 heterocycles. The first kappa shape index (κ1) is 28.3. The van der Waals surface area contributed by atoms with Crippen molar-refractivity contribution >= 4 is 39.1 Å². The van der Waals surface area contributed by atoms with Gasteiger partial charge in [0.25, 0.3) is 0 Å². The standard InChI is InChI=1S/C24H32ClN3O6S/c1-16(2)26-24(30)17(3)27(14-18-8-7-9-20(12-18)33-4)23(29)15-28(35(6,31)32)21-13-19(25)10-11-22(21)34-5/h7-13,16-17H,14-15H2,1-6H3,(H,26,30)/t17-/m0/s1. The number of nitrogens with zero attached hydrogens (tertiary/aromatic N) is 2. The van der Waals surface area contributed by atoms with Gasteiger partial charge in [-0.1, -0.05) is 23.7 Å². The average molecular weight is 526 g/mol.